The second kappa shape index (κ2) is 12.5. The van der Waals surface area contributed by atoms with Gasteiger partial charge in [0.05, 0.1) is 34.1 Å². The van der Waals surface area contributed by atoms with Crippen LogP contribution in [0, 0.1) is 6.92 Å². The molecule has 1 spiro atoms. The summed E-state index contributed by atoms with van der Waals surface area (Å²) in [5.41, 5.74) is 4.68. The minimum Gasteiger partial charge on any atom is -0.481 e. The molecule has 5 aromatic rings. The molecule has 3 aliphatic rings. The highest BCUT2D eigenvalue weighted by atomic mass is 35.5. The van der Waals surface area contributed by atoms with Crippen molar-refractivity contribution in [3.8, 4) is 28.3 Å². The third-order valence-electron chi connectivity index (χ3n) is 10.6. The van der Waals surface area contributed by atoms with Crippen LogP contribution < -0.4 is 26.6 Å². The van der Waals surface area contributed by atoms with Gasteiger partial charge in [-0.15, -0.1) is 0 Å². The Labute approximate surface area is 303 Å². The first-order valence-corrected chi connectivity index (χ1v) is 17.7. The van der Waals surface area contributed by atoms with E-state index in [4.69, 9.17) is 32.9 Å². The molecule has 0 radical (unpaired) electrons. The summed E-state index contributed by atoms with van der Waals surface area (Å²) in [6.45, 7) is 3.44. The average molecular weight is 728 g/mol. The number of aryl methyl sites for hydroxylation is 3. The molecule has 1 aliphatic carbocycles. The summed E-state index contributed by atoms with van der Waals surface area (Å²) < 4.78 is 8.27. The van der Waals surface area contributed by atoms with E-state index in [2.05, 4.69) is 31.6 Å². The molecule has 2 atom stereocenters. The summed E-state index contributed by atoms with van der Waals surface area (Å²) in [6, 6.07) is 13.5. The quantitative estimate of drug-likeness (QED) is 0.234. The van der Waals surface area contributed by atoms with E-state index in [0.29, 0.717) is 50.7 Å². The number of amides is 1. The van der Waals surface area contributed by atoms with Crippen LogP contribution in [0.3, 0.4) is 0 Å². The summed E-state index contributed by atoms with van der Waals surface area (Å²) in [4.78, 5) is 54.2. The number of methoxy groups -OCH3 is 1. The van der Waals surface area contributed by atoms with Crippen molar-refractivity contribution in [2.45, 2.75) is 50.6 Å². The van der Waals surface area contributed by atoms with Crippen LogP contribution in [0.4, 0.5) is 11.5 Å². The number of hydrogen-bond donors (Lipinski definition) is 2. The fourth-order valence-electron chi connectivity index (χ4n) is 8.05. The van der Waals surface area contributed by atoms with Crippen LogP contribution in [0.2, 0.25) is 10.0 Å². The normalized spacial score (nSPS) is 20.0. The molecule has 2 N–H and O–H groups in total. The molecule has 2 fully saturated rings. The first kappa shape index (κ1) is 33.4. The van der Waals surface area contributed by atoms with Crippen molar-refractivity contribution in [2.24, 2.45) is 14.1 Å². The molecule has 0 saturated carbocycles. The third-order valence-corrected chi connectivity index (χ3v) is 11.4. The summed E-state index contributed by atoms with van der Waals surface area (Å²) in [7, 11) is 4.63. The Morgan fingerprint density at radius 1 is 0.941 bits per heavy atom. The number of carbonyl (C=O) groups is 1. The number of likely N-dealkylation sites (tertiary alicyclic amines) is 1. The number of hydrogen-bond acceptors (Lipinski definition) is 9. The second-order valence-corrected chi connectivity index (χ2v) is 14.4. The van der Waals surface area contributed by atoms with Crippen molar-refractivity contribution in [3.05, 3.63) is 90.3 Å². The van der Waals surface area contributed by atoms with Crippen LogP contribution in [0.5, 0.6) is 5.88 Å². The second-order valence-electron chi connectivity index (χ2n) is 13.7. The largest absolute Gasteiger partial charge is 0.481 e. The summed E-state index contributed by atoms with van der Waals surface area (Å²) in [5.74, 6) is 1.35. The fraction of sp³-hybridized carbons (Fsp3) is 0.351. The maximum Gasteiger partial charge on any atom is 0.332 e. The lowest BCUT2D eigenvalue weighted by molar-refractivity contribution is -0.119. The highest BCUT2D eigenvalue weighted by molar-refractivity contribution is 6.39. The van der Waals surface area contributed by atoms with Crippen molar-refractivity contribution in [3.63, 3.8) is 0 Å². The maximum atomic E-state index is 13.2. The summed E-state index contributed by atoms with van der Waals surface area (Å²) >= 11 is 14.3. The Balaban J connectivity index is 1.14. The number of nitrogens with zero attached hydrogens (tertiary/aromatic N) is 6. The van der Waals surface area contributed by atoms with Crippen molar-refractivity contribution < 1.29 is 9.53 Å². The monoisotopic (exact) mass is 726 g/mol. The summed E-state index contributed by atoms with van der Waals surface area (Å²) in [6.07, 6.45) is 4.27. The molecule has 262 valence electrons. The van der Waals surface area contributed by atoms with Crippen molar-refractivity contribution in [1.29, 1.82) is 0 Å². The molecule has 1 amide bonds. The molecule has 12 nitrogen and oxygen atoms in total. The van der Waals surface area contributed by atoms with E-state index in [1.807, 2.05) is 30.3 Å². The van der Waals surface area contributed by atoms with Gasteiger partial charge in [0, 0.05) is 61.9 Å². The van der Waals surface area contributed by atoms with Gasteiger partial charge < -0.3 is 15.4 Å². The van der Waals surface area contributed by atoms with Gasteiger partial charge in [-0.2, -0.15) is 0 Å². The molecule has 8 rings (SSSR count). The molecule has 5 heterocycles. The molecular weight excluding hydrogens is 691 g/mol. The van der Waals surface area contributed by atoms with E-state index in [9.17, 15) is 14.4 Å². The minimum atomic E-state index is -0.520. The van der Waals surface area contributed by atoms with E-state index in [1.165, 1.54) is 17.2 Å². The van der Waals surface area contributed by atoms with Crippen LogP contribution in [0.15, 0.2) is 52.1 Å². The first-order valence-electron chi connectivity index (χ1n) is 16.9. The number of nitrogens with one attached hydrogen (secondary N) is 2. The molecule has 3 aromatic heterocycles. The van der Waals surface area contributed by atoms with Crippen LogP contribution in [-0.2, 0) is 25.3 Å². The molecule has 2 aliphatic heterocycles. The number of carbonyl (C=O) groups excluding carboxylic acids is 1. The molecular formula is C37H36Cl2N8O4. The molecule has 2 saturated heterocycles. The van der Waals surface area contributed by atoms with Gasteiger partial charge in [0.15, 0.2) is 5.65 Å². The van der Waals surface area contributed by atoms with Crippen LogP contribution in [-0.4, -0.2) is 60.6 Å². The predicted octanol–water partition coefficient (Wildman–Crippen LogP) is 5.47. The Morgan fingerprint density at radius 2 is 1.69 bits per heavy atom. The van der Waals surface area contributed by atoms with Gasteiger partial charge in [-0.3, -0.25) is 23.6 Å². The maximum absolute atomic E-state index is 13.2. The predicted molar refractivity (Wildman–Crippen MR) is 197 cm³/mol. The third kappa shape index (κ3) is 5.47. The fourth-order valence-corrected chi connectivity index (χ4v) is 8.65. The van der Waals surface area contributed by atoms with Crippen LogP contribution in [0.1, 0.15) is 48.7 Å². The number of halogens is 2. The first-order chi connectivity index (χ1) is 24.5. The zero-order chi connectivity index (χ0) is 35.8. The van der Waals surface area contributed by atoms with Gasteiger partial charge in [0.2, 0.25) is 11.8 Å². The lowest BCUT2D eigenvalue weighted by atomic mass is 9.97. The Hall–Kier alpha value is -4.78. The molecule has 0 unspecified atom stereocenters. The lowest BCUT2D eigenvalue weighted by Gasteiger charge is -2.28. The van der Waals surface area contributed by atoms with Gasteiger partial charge in [-0.25, -0.2) is 19.7 Å². The Morgan fingerprint density at radius 3 is 2.43 bits per heavy atom. The summed E-state index contributed by atoms with van der Waals surface area (Å²) in [5, 5.41) is 7.48. The standard InChI is InChI=1S/C37H36Cl2N8O4/c1-19-40-32(29-33(41-19)45(2)36(50)46(3)35(29)49)42-24-10-6-8-22(31(24)39)21-7-5-9-23(30(21)38)25-17-20-11-12-26(28(20)34(43-25)51-4)47-16-15-37(18-47)14-13-27(48)44-37/h5-10,17,26H,11-16,18H2,1-4H3,(H,44,48)(H,40,41,42)/t26-,37+/m1/s1. The van der Waals surface area contributed by atoms with Gasteiger partial charge in [-0.05, 0) is 50.3 Å². The molecule has 51 heavy (non-hydrogen) atoms. The zero-order valence-electron chi connectivity index (χ0n) is 28.6. The van der Waals surface area contributed by atoms with Gasteiger partial charge in [0.25, 0.3) is 5.56 Å². The number of fused-ring (bicyclic) bond motifs is 2. The molecule has 0 bridgehead atoms. The Bertz CT molecular complexity index is 2410. The van der Waals surface area contributed by atoms with E-state index in [0.717, 1.165) is 54.5 Å². The van der Waals surface area contributed by atoms with Crippen molar-refractivity contribution in [1.82, 2.24) is 34.3 Å². The molecule has 2 aromatic carbocycles. The highest BCUT2D eigenvalue weighted by Crippen LogP contribution is 2.47. The zero-order valence-corrected chi connectivity index (χ0v) is 30.2. The SMILES string of the molecule is COc1nc(-c2cccc(-c3cccc(Nc4nc(C)nc5c4c(=O)n(C)c(=O)n5C)c3Cl)c2Cl)cc2c1[C@H](N1CC[C@@]3(CCC(=O)N3)C1)CC2. The van der Waals surface area contributed by atoms with Crippen LogP contribution in [0.25, 0.3) is 33.4 Å². The number of aromatic nitrogens is 5. The van der Waals surface area contributed by atoms with Gasteiger partial charge in [0.1, 0.15) is 17.0 Å². The van der Waals surface area contributed by atoms with Crippen LogP contribution >= 0.6 is 23.2 Å². The minimum absolute atomic E-state index is 0.124. The number of benzene rings is 2. The number of anilines is 2. The number of pyridine rings is 1. The van der Waals surface area contributed by atoms with Gasteiger partial charge in [-0.1, -0.05) is 53.5 Å². The van der Waals surface area contributed by atoms with E-state index < -0.39 is 11.2 Å². The van der Waals surface area contributed by atoms with Crippen molar-refractivity contribution in [2.75, 3.05) is 25.5 Å². The van der Waals surface area contributed by atoms with E-state index in [-0.39, 0.29) is 34.3 Å². The smallest absolute Gasteiger partial charge is 0.332 e. The number of rotatable bonds is 6. The highest BCUT2D eigenvalue weighted by Gasteiger charge is 2.46. The van der Waals surface area contributed by atoms with E-state index in [1.54, 1.807) is 27.1 Å². The van der Waals surface area contributed by atoms with Crippen molar-refractivity contribution >= 4 is 51.6 Å². The van der Waals surface area contributed by atoms with Gasteiger partial charge >= 0.3 is 5.69 Å². The average Bonchev–Trinajstić information content (AvgIpc) is 3.84. The number of ether oxygens (including phenoxy) is 1. The lowest BCUT2D eigenvalue weighted by Crippen LogP contribution is -2.44. The molecule has 14 heteroatoms. The topological polar surface area (TPSA) is 136 Å². The van der Waals surface area contributed by atoms with E-state index >= 15 is 0 Å². The Kier molecular flexibility index (Phi) is 8.16.